The van der Waals surface area contributed by atoms with Crippen LogP contribution in [0.25, 0.3) is 0 Å². The molecular formula is C19H19N3O5. The van der Waals surface area contributed by atoms with Crippen molar-refractivity contribution in [1.29, 1.82) is 0 Å². The topological polar surface area (TPSA) is 118 Å². The lowest BCUT2D eigenvalue weighted by Crippen LogP contribution is -2.33. The van der Waals surface area contributed by atoms with Gasteiger partial charge in [0.15, 0.2) is 5.78 Å². The standard InChI is InChI=1S/C19H19N3O5/c1-9-15-16(11-6-10(22(25)26)4-5-13(11)23)17-12(20-18(15)27-21-9)7-19(2,3)8-14(17)24/h4-6,16,20,23H,7-8H2,1-3H3/t16-/m1/s1. The maximum atomic E-state index is 13.0. The first-order valence-electron chi connectivity index (χ1n) is 8.65. The molecule has 8 nitrogen and oxygen atoms in total. The number of aromatic hydroxyl groups is 1. The van der Waals surface area contributed by atoms with Gasteiger partial charge in [-0.25, -0.2) is 0 Å². The molecule has 2 heterocycles. The number of carbonyl (C=O) groups is 1. The number of non-ortho nitro benzene ring substituents is 1. The zero-order chi connectivity index (χ0) is 19.5. The van der Waals surface area contributed by atoms with Crippen LogP contribution in [-0.4, -0.2) is 21.0 Å². The lowest BCUT2D eigenvalue weighted by Gasteiger charge is -2.37. The van der Waals surface area contributed by atoms with E-state index in [1.54, 1.807) is 6.92 Å². The number of aryl methyl sites for hydroxylation is 1. The highest BCUT2D eigenvalue weighted by Gasteiger charge is 2.44. The summed E-state index contributed by atoms with van der Waals surface area (Å²) in [5.41, 5.74) is 2.36. The molecule has 1 aliphatic carbocycles. The quantitative estimate of drug-likeness (QED) is 0.610. The van der Waals surface area contributed by atoms with Crippen LogP contribution in [0, 0.1) is 22.5 Å². The molecule has 4 rings (SSSR count). The molecule has 0 bridgehead atoms. The third-order valence-electron chi connectivity index (χ3n) is 5.20. The van der Waals surface area contributed by atoms with Crippen LogP contribution in [0.2, 0.25) is 0 Å². The molecule has 1 aliphatic heterocycles. The lowest BCUT2D eigenvalue weighted by molar-refractivity contribution is -0.384. The number of Topliss-reactive ketones (excluding diaryl/α,β-unsaturated/α-hetero) is 1. The molecule has 0 saturated heterocycles. The summed E-state index contributed by atoms with van der Waals surface area (Å²) in [6.45, 7) is 5.77. The highest BCUT2D eigenvalue weighted by molar-refractivity contribution is 6.01. The largest absolute Gasteiger partial charge is 0.508 e. The number of phenolic OH excluding ortho intramolecular Hbond substituents is 1. The van der Waals surface area contributed by atoms with Crippen LogP contribution in [-0.2, 0) is 4.79 Å². The SMILES string of the molecule is Cc1noc2c1[C@@H](c1cc([N+](=O)[O-])ccc1O)C1=C(CC(C)(C)CC1=O)N2. The van der Waals surface area contributed by atoms with Gasteiger partial charge in [0.1, 0.15) is 5.75 Å². The molecule has 1 aromatic carbocycles. The summed E-state index contributed by atoms with van der Waals surface area (Å²) in [6.07, 6.45) is 0.985. The highest BCUT2D eigenvalue weighted by atomic mass is 16.6. The minimum Gasteiger partial charge on any atom is -0.508 e. The van der Waals surface area contributed by atoms with Gasteiger partial charge >= 0.3 is 0 Å². The number of benzene rings is 1. The van der Waals surface area contributed by atoms with E-state index in [0.717, 1.165) is 5.70 Å². The first-order valence-corrected chi connectivity index (χ1v) is 8.65. The summed E-state index contributed by atoms with van der Waals surface area (Å²) in [7, 11) is 0. The molecule has 2 N–H and O–H groups in total. The summed E-state index contributed by atoms with van der Waals surface area (Å²) >= 11 is 0. The molecule has 8 heteroatoms. The number of nitro benzene ring substituents is 1. The number of hydrogen-bond donors (Lipinski definition) is 2. The van der Waals surface area contributed by atoms with Crippen molar-refractivity contribution in [2.45, 2.75) is 39.5 Å². The molecule has 2 aromatic rings. The first kappa shape index (κ1) is 17.3. The van der Waals surface area contributed by atoms with Gasteiger partial charge in [-0.15, -0.1) is 0 Å². The Balaban J connectivity index is 1.98. The molecule has 0 radical (unpaired) electrons. The Morgan fingerprint density at radius 1 is 1.37 bits per heavy atom. The van der Waals surface area contributed by atoms with Crippen molar-refractivity contribution in [2.75, 3.05) is 5.32 Å². The fourth-order valence-corrected chi connectivity index (χ4v) is 4.07. The predicted molar refractivity (Wildman–Crippen MR) is 96.5 cm³/mol. The average molecular weight is 369 g/mol. The van der Waals surface area contributed by atoms with Gasteiger partial charge in [0.2, 0.25) is 5.88 Å². The Morgan fingerprint density at radius 3 is 2.81 bits per heavy atom. The molecule has 0 unspecified atom stereocenters. The smallest absolute Gasteiger partial charge is 0.270 e. The number of nitro groups is 1. The van der Waals surface area contributed by atoms with Gasteiger partial charge in [0.25, 0.3) is 5.69 Å². The van der Waals surface area contributed by atoms with Gasteiger partial charge in [-0.2, -0.15) is 0 Å². The van der Waals surface area contributed by atoms with E-state index in [2.05, 4.69) is 10.5 Å². The molecule has 1 atom stereocenters. The molecule has 0 fully saturated rings. The zero-order valence-corrected chi connectivity index (χ0v) is 15.2. The van der Waals surface area contributed by atoms with Crippen LogP contribution >= 0.6 is 0 Å². The molecule has 2 aliphatic rings. The van der Waals surface area contributed by atoms with E-state index in [9.17, 15) is 20.0 Å². The Kier molecular flexibility index (Phi) is 3.62. The van der Waals surface area contributed by atoms with Crippen LogP contribution in [0.4, 0.5) is 11.6 Å². The predicted octanol–water partition coefficient (Wildman–Crippen LogP) is 3.80. The average Bonchev–Trinajstić information content (AvgIpc) is 2.93. The van der Waals surface area contributed by atoms with Crippen molar-refractivity contribution in [3.8, 4) is 5.75 Å². The van der Waals surface area contributed by atoms with Crippen molar-refractivity contribution in [3.05, 3.63) is 56.4 Å². The maximum Gasteiger partial charge on any atom is 0.270 e. The van der Waals surface area contributed by atoms with Crippen LogP contribution in [0.1, 0.15) is 49.4 Å². The van der Waals surface area contributed by atoms with Crippen molar-refractivity contribution >= 4 is 17.4 Å². The van der Waals surface area contributed by atoms with Crippen molar-refractivity contribution < 1.29 is 19.3 Å². The summed E-state index contributed by atoms with van der Waals surface area (Å²) in [5, 5.41) is 28.9. The van der Waals surface area contributed by atoms with E-state index in [4.69, 9.17) is 4.52 Å². The van der Waals surface area contributed by atoms with E-state index < -0.39 is 10.8 Å². The van der Waals surface area contributed by atoms with E-state index in [-0.39, 0.29) is 22.6 Å². The van der Waals surface area contributed by atoms with E-state index in [1.165, 1.54) is 18.2 Å². The number of rotatable bonds is 2. The Hall–Kier alpha value is -3.16. The molecule has 140 valence electrons. The lowest BCUT2D eigenvalue weighted by atomic mass is 9.69. The van der Waals surface area contributed by atoms with Crippen LogP contribution < -0.4 is 5.32 Å². The Labute approximate surface area is 155 Å². The van der Waals surface area contributed by atoms with E-state index in [1.807, 2.05) is 13.8 Å². The number of allylic oxidation sites excluding steroid dienone is 2. The second kappa shape index (κ2) is 5.67. The molecule has 1 aromatic heterocycles. The number of anilines is 1. The normalized spacial score (nSPS) is 20.7. The second-order valence-corrected chi connectivity index (χ2v) is 7.90. The first-order chi connectivity index (χ1) is 12.7. The number of fused-ring (bicyclic) bond motifs is 1. The monoisotopic (exact) mass is 369 g/mol. The Bertz CT molecular complexity index is 1020. The maximum absolute atomic E-state index is 13.0. The molecule has 27 heavy (non-hydrogen) atoms. The van der Waals surface area contributed by atoms with Gasteiger partial charge in [0.05, 0.1) is 22.1 Å². The fraction of sp³-hybridized carbons (Fsp3) is 0.368. The minimum absolute atomic E-state index is 0.0455. The minimum atomic E-state index is -0.661. The van der Waals surface area contributed by atoms with E-state index in [0.29, 0.717) is 41.1 Å². The summed E-state index contributed by atoms with van der Waals surface area (Å²) in [6, 6.07) is 3.84. The van der Waals surface area contributed by atoms with Gasteiger partial charge in [-0.1, -0.05) is 19.0 Å². The van der Waals surface area contributed by atoms with Gasteiger partial charge in [0, 0.05) is 35.4 Å². The van der Waals surface area contributed by atoms with Gasteiger partial charge < -0.3 is 14.9 Å². The van der Waals surface area contributed by atoms with Crippen LogP contribution in [0.3, 0.4) is 0 Å². The molecular weight excluding hydrogens is 350 g/mol. The van der Waals surface area contributed by atoms with Crippen LogP contribution in [0.5, 0.6) is 5.75 Å². The number of carbonyl (C=O) groups excluding carboxylic acids is 1. The van der Waals surface area contributed by atoms with Crippen LogP contribution in [0.15, 0.2) is 34.0 Å². The third-order valence-corrected chi connectivity index (χ3v) is 5.20. The Morgan fingerprint density at radius 2 is 2.11 bits per heavy atom. The fourth-order valence-electron chi connectivity index (χ4n) is 4.07. The van der Waals surface area contributed by atoms with E-state index >= 15 is 0 Å². The number of nitrogens with one attached hydrogen (secondary N) is 1. The molecule has 0 spiro atoms. The van der Waals surface area contributed by atoms with Crippen molar-refractivity contribution in [1.82, 2.24) is 5.16 Å². The zero-order valence-electron chi connectivity index (χ0n) is 15.2. The molecule has 0 saturated carbocycles. The number of hydrogen-bond acceptors (Lipinski definition) is 7. The third kappa shape index (κ3) is 2.68. The highest BCUT2D eigenvalue weighted by Crippen LogP contribution is 2.51. The summed E-state index contributed by atoms with van der Waals surface area (Å²) < 4.78 is 5.39. The number of nitrogens with zero attached hydrogens (tertiary/aromatic N) is 2. The molecule has 0 amide bonds. The van der Waals surface area contributed by atoms with Crippen molar-refractivity contribution in [2.24, 2.45) is 5.41 Å². The van der Waals surface area contributed by atoms with Gasteiger partial charge in [-0.05, 0) is 24.8 Å². The number of aromatic nitrogens is 1. The summed E-state index contributed by atoms with van der Waals surface area (Å²) in [4.78, 5) is 23.8. The number of phenols is 1. The van der Waals surface area contributed by atoms with Gasteiger partial charge in [-0.3, -0.25) is 14.9 Å². The summed E-state index contributed by atoms with van der Waals surface area (Å²) in [5.74, 6) is -0.405. The second-order valence-electron chi connectivity index (χ2n) is 7.90. The van der Waals surface area contributed by atoms with Crippen molar-refractivity contribution in [3.63, 3.8) is 0 Å². The number of ketones is 1.